The lowest BCUT2D eigenvalue weighted by molar-refractivity contribution is 0.0680. The maximum absolute atomic E-state index is 12.9. The van der Waals surface area contributed by atoms with Crippen LogP contribution in [0, 0.1) is 5.92 Å². The van der Waals surface area contributed by atoms with Crippen LogP contribution in [0.3, 0.4) is 0 Å². The Bertz CT molecular complexity index is 1260. The Balaban J connectivity index is 1.01. The van der Waals surface area contributed by atoms with Crippen molar-refractivity contribution in [3.63, 3.8) is 0 Å². The summed E-state index contributed by atoms with van der Waals surface area (Å²) in [6.07, 6.45) is 8.66. The first-order chi connectivity index (χ1) is 17.2. The lowest BCUT2D eigenvalue weighted by atomic mass is 9.91. The van der Waals surface area contributed by atoms with E-state index in [2.05, 4.69) is 20.3 Å². The van der Waals surface area contributed by atoms with Gasteiger partial charge in [-0.15, -0.1) is 11.3 Å². The second kappa shape index (κ2) is 10.8. The van der Waals surface area contributed by atoms with Crippen molar-refractivity contribution in [2.24, 2.45) is 5.92 Å². The van der Waals surface area contributed by atoms with Gasteiger partial charge in [-0.25, -0.2) is 4.98 Å². The summed E-state index contributed by atoms with van der Waals surface area (Å²) in [5, 5.41) is 6.70. The highest BCUT2D eigenvalue weighted by Crippen LogP contribution is 2.26. The number of fused-ring (bicyclic) bond motifs is 1. The average molecular weight is 488 g/mol. The fourth-order valence-corrected chi connectivity index (χ4v) is 5.42. The number of aromatic amines is 1. The first-order valence-electron chi connectivity index (χ1n) is 12.2. The molecule has 35 heavy (non-hydrogen) atoms. The molecule has 2 N–H and O–H groups in total. The van der Waals surface area contributed by atoms with Gasteiger partial charge >= 0.3 is 0 Å². The Morgan fingerprint density at radius 2 is 1.94 bits per heavy atom. The molecule has 4 aromatic rings. The van der Waals surface area contributed by atoms with Crippen LogP contribution in [0.5, 0.6) is 0 Å². The molecule has 0 spiro atoms. The summed E-state index contributed by atoms with van der Waals surface area (Å²) < 4.78 is 0. The molecule has 7 nitrogen and oxygen atoms in total. The van der Waals surface area contributed by atoms with E-state index in [1.165, 1.54) is 11.3 Å². The van der Waals surface area contributed by atoms with Crippen molar-refractivity contribution >= 4 is 34.1 Å². The van der Waals surface area contributed by atoms with Crippen LogP contribution in [0.25, 0.3) is 21.5 Å². The van der Waals surface area contributed by atoms with E-state index < -0.39 is 0 Å². The molecule has 0 unspecified atom stereocenters. The van der Waals surface area contributed by atoms with Gasteiger partial charge in [-0.05, 0) is 37.3 Å². The van der Waals surface area contributed by atoms with E-state index in [1.54, 1.807) is 12.4 Å². The van der Waals surface area contributed by atoms with Crippen molar-refractivity contribution in [2.75, 3.05) is 19.6 Å². The number of piperidine rings is 1. The first kappa shape index (κ1) is 23.2. The molecule has 0 bridgehead atoms. The molecule has 1 aliphatic rings. The maximum Gasteiger partial charge on any atom is 0.273 e. The van der Waals surface area contributed by atoms with Crippen LogP contribution >= 0.6 is 11.3 Å². The molecule has 2 amide bonds. The summed E-state index contributed by atoms with van der Waals surface area (Å²) in [4.78, 5) is 39.0. The molecule has 1 aromatic carbocycles. The highest BCUT2D eigenvalue weighted by atomic mass is 32.1. The molecule has 0 aliphatic carbocycles. The Morgan fingerprint density at radius 3 is 2.74 bits per heavy atom. The lowest BCUT2D eigenvalue weighted by Crippen LogP contribution is -2.38. The Hall–Kier alpha value is -3.52. The van der Waals surface area contributed by atoms with Crippen molar-refractivity contribution in [1.29, 1.82) is 0 Å². The molecule has 4 heterocycles. The zero-order valence-corrected chi connectivity index (χ0v) is 20.4. The molecular weight excluding hydrogens is 458 g/mol. The largest absolute Gasteiger partial charge is 0.351 e. The topological polar surface area (TPSA) is 91.0 Å². The molecule has 0 saturated carbocycles. The van der Waals surface area contributed by atoms with Gasteiger partial charge in [-0.1, -0.05) is 43.2 Å². The normalized spacial score (nSPS) is 14.3. The Kier molecular flexibility index (Phi) is 7.18. The van der Waals surface area contributed by atoms with Crippen molar-refractivity contribution in [1.82, 2.24) is 25.2 Å². The number of carbonyl (C=O) groups is 2. The van der Waals surface area contributed by atoms with E-state index in [4.69, 9.17) is 0 Å². The van der Waals surface area contributed by atoms with Crippen molar-refractivity contribution in [3.8, 4) is 10.6 Å². The smallest absolute Gasteiger partial charge is 0.273 e. The molecule has 3 aromatic heterocycles. The second-order valence-corrected chi connectivity index (χ2v) is 9.90. The van der Waals surface area contributed by atoms with Crippen LogP contribution in [0.2, 0.25) is 0 Å². The minimum absolute atomic E-state index is 0.0392. The van der Waals surface area contributed by atoms with E-state index >= 15 is 0 Å². The summed E-state index contributed by atoms with van der Waals surface area (Å²) in [5.41, 5.74) is 3.08. The van der Waals surface area contributed by atoms with Crippen molar-refractivity contribution < 1.29 is 9.59 Å². The zero-order chi connectivity index (χ0) is 24.0. The summed E-state index contributed by atoms with van der Waals surface area (Å²) in [6, 6.07) is 13.7. The molecular formula is C27H29N5O2S. The van der Waals surface area contributed by atoms with Gasteiger partial charge < -0.3 is 15.2 Å². The number of unbranched alkanes of at least 4 members (excludes halogenated alkanes) is 1. The monoisotopic (exact) mass is 487 g/mol. The van der Waals surface area contributed by atoms with Crippen LogP contribution < -0.4 is 5.32 Å². The highest BCUT2D eigenvalue weighted by Gasteiger charge is 2.25. The number of H-pyrrole nitrogens is 1. The van der Waals surface area contributed by atoms with Gasteiger partial charge in [0.1, 0.15) is 16.4 Å². The van der Waals surface area contributed by atoms with E-state index in [1.807, 2.05) is 52.7 Å². The van der Waals surface area contributed by atoms with E-state index in [0.29, 0.717) is 23.9 Å². The summed E-state index contributed by atoms with van der Waals surface area (Å²) >= 11 is 1.52. The number of pyridine rings is 1. The van der Waals surface area contributed by atoms with Crippen LogP contribution in [0.1, 0.15) is 53.1 Å². The maximum atomic E-state index is 12.9. The van der Waals surface area contributed by atoms with Crippen LogP contribution in [-0.2, 0) is 0 Å². The lowest BCUT2D eigenvalue weighted by Gasteiger charge is -2.31. The van der Waals surface area contributed by atoms with Gasteiger partial charge in [-0.2, -0.15) is 0 Å². The minimum Gasteiger partial charge on any atom is -0.351 e. The predicted molar refractivity (Wildman–Crippen MR) is 138 cm³/mol. The molecule has 1 saturated heterocycles. The molecule has 180 valence electrons. The molecule has 0 radical (unpaired) electrons. The summed E-state index contributed by atoms with van der Waals surface area (Å²) in [7, 11) is 0. The van der Waals surface area contributed by atoms with E-state index in [-0.39, 0.29) is 11.8 Å². The number of likely N-dealkylation sites (tertiary alicyclic amines) is 1. The molecule has 0 atom stereocenters. The first-order valence-corrected chi connectivity index (χ1v) is 13.1. The van der Waals surface area contributed by atoms with Crippen molar-refractivity contribution in [2.45, 2.75) is 32.1 Å². The number of nitrogens with one attached hydrogen (secondary N) is 2. The summed E-state index contributed by atoms with van der Waals surface area (Å²) in [6.45, 7) is 2.23. The van der Waals surface area contributed by atoms with E-state index in [0.717, 1.165) is 66.7 Å². The quantitative estimate of drug-likeness (QED) is 0.337. The number of aromatic nitrogens is 3. The Labute approximate surface area is 208 Å². The number of carbonyl (C=O) groups excluding carboxylic acids is 2. The minimum atomic E-state index is -0.0783. The third kappa shape index (κ3) is 5.59. The van der Waals surface area contributed by atoms with Gasteiger partial charge in [0.05, 0.1) is 0 Å². The van der Waals surface area contributed by atoms with E-state index in [9.17, 15) is 9.59 Å². The third-order valence-electron chi connectivity index (χ3n) is 6.64. The zero-order valence-electron chi connectivity index (χ0n) is 19.6. The predicted octanol–water partition coefficient (Wildman–Crippen LogP) is 5.14. The molecule has 1 aliphatic heterocycles. The van der Waals surface area contributed by atoms with Crippen LogP contribution in [0.15, 0.2) is 60.2 Å². The number of nitrogens with zero attached hydrogens (tertiary/aromatic N) is 3. The average Bonchev–Trinajstić information content (AvgIpc) is 3.57. The second-order valence-electron chi connectivity index (χ2n) is 9.04. The molecule has 1 fully saturated rings. The van der Waals surface area contributed by atoms with Gasteiger partial charge in [-0.3, -0.25) is 14.6 Å². The van der Waals surface area contributed by atoms with Gasteiger partial charge in [0.25, 0.3) is 11.8 Å². The van der Waals surface area contributed by atoms with Gasteiger partial charge in [0.15, 0.2) is 0 Å². The SMILES string of the molecule is O=C(NCCCCC1CCN(C(=O)c2csc(-c3ccccc3)n2)CC1)c1cc2cnccc2[nH]1. The fourth-order valence-electron chi connectivity index (χ4n) is 4.62. The Morgan fingerprint density at radius 1 is 1.11 bits per heavy atom. The number of benzene rings is 1. The van der Waals surface area contributed by atoms with Crippen molar-refractivity contribution in [3.05, 3.63) is 71.6 Å². The number of rotatable bonds is 8. The summed E-state index contributed by atoms with van der Waals surface area (Å²) in [5.74, 6) is 0.592. The number of amides is 2. The highest BCUT2D eigenvalue weighted by molar-refractivity contribution is 7.13. The van der Waals surface area contributed by atoms with Gasteiger partial charge in [0.2, 0.25) is 0 Å². The van der Waals surface area contributed by atoms with Gasteiger partial charge in [0, 0.05) is 53.9 Å². The fraction of sp³-hybridized carbons (Fsp3) is 0.333. The molecule has 8 heteroatoms. The van der Waals surface area contributed by atoms with Crippen LogP contribution in [-0.4, -0.2) is 51.3 Å². The van der Waals surface area contributed by atoms with Crippen LogP contribution in [0.4, 0.5) is 0 Å². The standard InChI is InChI=1S/C27H29N5O2S/c33-25(23-16-21-17-28-13-9-22(21)30-23)29-12-5-4-6-19-10-14-32(15-11-19)27(34)24-18-35-26(31-24)20-7-2-1-3-8-20/h1-3,7-9,13,16-19,30H,4-6,10-12,14-15H2,(H,29,33). The molecule has 5 rings (SSSR count). The number of hydrogen-bond acceptors (Lipinski definition) is 5. The number of hydrogen-bond donors (Lipinski definition) is 2. The number of thiazole rings is 1. The third-order valence-corrected chi connectivity index (χ3v) is 7.53.